The van der Waals surface area contributed by atoms with Crippen LogP contribution in [0, 0.1) is 18.2 Å². The number of aliphatic hydroxyl groups is 2. The predicted octanol–water partition coefficient (Wildman–Crippen LogP) is -1.44. The number of nitrogens with zero attached hydrogens (tertiary/aromatic N) is 2. The number of alkyl halides is 1. The van der Waals surface area contributed by atoms with Gasteiger partial charge in [0.25, 0.3) is 0 Å². The van der Waals surface area contributed by atoms with Crippen LogP contribution in [-0.4, -0.2) is 44.2 Å². The van der Waals surface area contributed by atoms with Gasteiger partial charge in [-0.05, 0) is 0 Å². The van der Waals surface area contributed by atoms with E-state index in [1.54, 1.807) is 5.92 Å². The van der Waals surface area contributed by atoms with Crippen molar-refractivity contribution < 1.29 is 23.7 Å². The molecular weight excluding hydrogens is 276 g/mol. The normalized spacial score (nSPS) is 33.0. The maximum Gasteiger partial charge on any atom is 0.351 e. The lowest BCUT2D eigenvalue weighted by molar-refractivity contribution is -0.0546. The molecule has 1 aromatic heterocycles. The molecule has 1 aliphatic rings. The zero-order valence-corrected chi connectivity index (χ0v) is 10.0. The number of rotatable bonds is 2. The average Bonchev–Trinajstić information content (AvgIpc) is 2.67. The summed E-state index contributed by atoms with van der Waals surface area (Å²) >= 11 is 0. The van der Waals surface area contributed by atoms with Gasteiger partial charge in [-0.15, -0.1) is 6.42 Å². The van der Waals surface area contributed by atoms with E-state index in [-0.39, 0.29) is 0 Å². The highest BCUT2D eigenvalue weighted by Gasteiger charge is 2.57. The van der Waals surface area contributed by atoms with Crippen LogP contribution >= 0.6 is 0 Å². The minimum atomic E-state index is -2.82. The van der Waals surface area contributed by atoms with Crippen molar-refractivity contribution in [2.24, 2.45) is 0 Å². The fraction of sp³-hybridized carbons (Fsp3) is 0.455. The van der Waals surface area contributed by atoms with Crippen molar-refractivity contribution in [1.29, 1.82) is 0 Å². The molecule has 4 N–H and O–H groups in total. The second kappa shape index (κ2) is 4.82. The molecule has 0 spiro atoms. The van der Waals surface area contributed by atoms with E-state index < -0.39 is 48.0 Å². The molecule has 2 heterocycles. The van der Waals surface area contributed by atoms with E-state index in [4.69, 9.17) is 22.0 Å². The molecule has 0 radical (unpaired) electrons. The van der Waals surface area contributed by atoms with E-state index >= 15 is 0 Å². The first-order valence-corrected chi connectivity index (χ1v) is 5.50. The summed E-state index contributed by atoms with van der Waals surface area (Å²) in [6.07, 6.45) is 0.540. The van der Waals surface area contributed by atoms with Crippen molar-refractivity contribution in [3.8, 4) is 12.3 Å². The monoisotopic (exact) mass is 287 g/mol. The number of hydrogen-bond acceptors (Lipinski definition) is 6. The molecule has 108 valence electrons. The van der Waals surface area contributed by atoms with Gasteiger partial charge in [0.05, 0.1) is 12.8 Å². The quantitative estimate of drug-likeness (QED) is 0.574. The average molecular weight is 287 g/mol. The fourth-order valence-corrected chi connectivity index (χ4v) is 1.95. The molecule has 1 fully saturated rings. The smallest absolute Gasteiger partial charge is 0.351 e. The fourth-order valence-electron chi connectivity index (χ4n) is 1.95. The summed E-state index contributed by atoms with van der Waals surface area (Å²) in [6, 6.07) is 0. The highest BCUT2D eigenvalue weighted by molar-refractivity contribution is 5.27. The topological polar surface area (TPSA) is 111 Å². The summed E-state index contributed by atoms with van der Waals surface area (Å²) in [6.45, 7) is -0.731. The Morgan fingerprint density at radius 2 is 2.35 bits per heavy atom. The van der Waals surface area contributed by atoms with Crippen LogP contribution in [-0.2, 0) is 4.74 Å². The molecule has 0 saturated carbocycles. The van der Waals surface area contributed by atoms with E-state index in [9.17, 15) is 18.7 Å². The molecule has 1 aromatic rings. The SMILES string of the molecule is C#CC1(F)[C@@H](O)[C@@H](CO)O[C@H]1n1cc(F)c(N)nc1=O. The number of anilines is 1. The molecule has 0 aromatic carbocycles. The standard InChI is InChI=1S/C11H11F2N3O4/c1-2-11(13)7(18)6(4-17)20-9(11)16-3-5(12)8(14)15-10(16)19/h1,3,6-7,9,17-18H,4H2,(H2,14,15,19)/t6-,7+,9-,11?/m1/s1. The maximum absolute atomic E-state index is 14.6. The van der Waals surface area contributed by atoms with Gasteiger partial charge in [-0.1, -0.05) is 5.92 Å². The van der Waals surface area contributed by atoms with E-state index in [0.29, 0.717) is 10.8 Å². The Kier molecular flexibility index (Phi) is 3.47. The van der Waals surface area contributed by atoms with Crippen LogP contribution in [0.5, 0.6) is 0 Å². The van der Waals surface area contributed by atoms with Crippen molar-refractivity contribution in [3.05, 3.63) is 22.5 Å². The third-order valence-corrected chi connectivity index (χ3v) is 3.03. The molecular formula is C11H11F2N3O4. The van der Waals surface area contributed by atoms with E-state index in [0.717, 1.165) is 0 Å². The summed E-state index contributed by atoms with van der Waals surface area (Å²) < 4.78 is 33.4. The zero-order valence-electron chi connectivity index (χ0n) is 10.0. The number of terminal acetylenes is 1. The van der Waals surface area contributed by atoms with Gasteiger partial charge in [0.15, 0.2) is 17.9 Å². The predicted molar refractivity (Wildman–Crippen MR) is 62.5 cm³/mol. The molecule has 9 heteroatoms. The molecule has 4 atom stereocenters. The highest BCUT2D eigenvalue weighted by atomic mass is 19.1. The highest BCUT2D eigenvalue weighted by Crippen LogP contribution is 2.40. The van der Waals surface area contributed by atoms with Crippen LogP contribution in [0.2, 0.25) is 0 Å². The Hall–Kier alpha value is -2.02. The lowest BCUT2D eigenvalue weighted by Gasteiger charge is -2.23. The first-order valence-electron chi connectivity index (χ1n) is 5.50. The first kappa shape index (κ1) is 14.4. The molecule has 0 bridgehead atoms. The van der Waals surface area contributed by atoms with Crippen molar-refractivity contribution in [2.75, 3.05) is 12.3 Å². The Bertz CT molecular complexity index is 629. The van der Waals surface area contributed by atoms with Gasteiger partial charge in [-0.2, -0.15) is 4.98 Å². The number of nitrogens with two attached hydrogens (primary N) is 1. The summed E-state index contributed by atoms with van der Waals surface area (Å²) in [5, 5.41) is 18.7. The van der Waals surface area contributed by atoms with Gasteiger partial charge in [0, 0.05) is 0 Å². The minimum Gasteiger partial charge on any atom is -0.394 e. The van der Waals surface area contributed by atoms with Gasteiger partial charge in [0.1, 0.15) is 12.2 Å². The molecule has 1 unspecified atom stereocenters. The number of ether oxygens (including phenoxy) is 1. The first-order chi connectivity index (χ1) is 9.35. The van der Waals surface area contributed by atoms with E-state index in [2.05, 4.69) is 4.98 Å². The zero-order chi connectivity index (χ0) is 15.1. The maximum atomic E-state index is 14.6. The van der Waals surface area contributed by atoms with Gasteiger partial charge in [-0.25, -0.2) is 13.6 Å². The Balaban J connectivity index is 2.55. The molecule has 20 heavy (non-hydrogen) atoms. The lowest BCUT2D eigenvalue weighted by atomic mass is 9.97. The van der Waals surface area contributed by atoms with Crippen molar-refractivity contribution >= 4 is 5.82 Å². The second-order valence-electron chi connectivity index (χ2n) is 4.23. The van der Waals surface area contributed by atoms with Gasteiger partial charge in [0.2, 0.25) is 5.67 Å². The third kappa shape index (κ3) is 1.94. The van der Waals surface area contributed by atoms with Crippen LogP contribution in [0.3, 0.4) is 0 Å². The Morgan fingerprint density at radius 1 is 1.70 bits per heavy atom. The minimum absolute atomic E-state index is 0.449. The number of aromatic nitrogens is 2. The van der Waals surface area contributed by atoms with Crippen LogP contribution in [0.15, 0.2) is 11.0 Å². The molecule has 1 saturated heterocycles. The van der Waals surface area contributed by atoms with Gasteiger partial charge < -0.3 is 20.7 Å². The van der Waals surface area contributed by atoms with Crippen LogP contribution in [0.25, 0.3) is 0 Å². The van der Waals surface area contributed by atoms with Crippen LogP contribution < -0.4 is 11.4 Å². The Labute approximate surface area is 111 Å². The molecule has 0 amide bonds. The number of halogens is 2. The third-order valence-electron chi connectivity index (χ3n) is 3.03. The molecule has 0 aliphatic carbocycles. The Morgan fingerprint density at radius 3 is 2.90 bits per heavy atom. The van der Waals surface area contributed by atoms with E-state index in [1.807, 2.05) is 0 Å². The van der Waals surface area contributed by atoms with Crippen molar-refractivity contribution in [2.45, 2.75) is 24.1 Å². The largest absolute Gasteiger partial charge is 0.394 e. The van der Waals surface area contributed by atoms with Crippen LogP contribution in [0.1, 0.15) is 6.23 Å². The summed E-state index contributed by atoms with van der Waals surface area (Å²) in [7, 11) is 0. The summed E-state index contributed by atoms with van der Waals surface area (Å²) in [5.41, 5.74) is 1.19. The van der Waals surface area contributed by atoms with Crippen molar-refractivity contribution in [3.63, 3.8) is 0 Å². The van der Waals surface area contributed by atoms with Gasteiger partial charge in [-0.3, -0.25) is 4.57 Å². The van der Waals surface area contributed by atoms with Crippen molar-refractivity contribution in [1.82, 2.24) is 9.55 Å². The summed E-state index contributed by atoms with van der Waals surface area (Å²) in [5.74, 6) is -0.0629. The summed E-state index contributed by atoms with van der Waals surface area (Å²) in [4.78, 5) is 14.8. The van der Waals surface area contributed by atoms with Crippen LogP contribution in [0.4, 0.5) is 14.6 Å². The lowest BCUT2D eigenvalue weighted by Crippen LogP contribution is -2.44. The number of aliphatic hydroxyl groups excluding tert-OH is 2. The van der Waals surface area contributed by atoms with Gasteiger partial charge >= 0.3 is 5.69 Å². The molecule has 7 nitrogen and oxygen atoms in total. The molecule has 1 aliphatic heterocycles. The number of hydrogen-bond donors (Lipinski definition) is 3. The van der Waals surface area contributed by atoms with E-state index in [1.165, 1.54) is 0 Å². The second-order valence-corrected chi connectivity index (χ2v) is 4.23. The number of nitrogen functional groups attached to an aromatic ring is 1. The molecule has 2 rings (SSSR count).